The van der Waals surface area contributed by atoms with Crippen molar-refractivity contribution in [3.05, 3.63) is 0 Å². The van der Waals surface area contributed by atoms with E-state index in [4.69, 9.17) is 0 Å². The van der Waals surface area contributed by atoms with Gasteiger partial charge in [0.05, 0.1) is 0 Å². The standard InChI is InChI=1S/C8H16.CH3IS/c1-7-3-5-8(2)6-4-7;1-3-2/h7-8H,3-6H2,1-2H3;1H3. The summed E-state index contributed by atoms with van der Waals surface area (Å²) in [6.07, 6.45) is 7.92. The highest BCUT2D eigenvalue weighted by molar-refractivity contribution is 14.2. The predicted molar refractivity (Wildman–Crippen MR) is 64.3 cm³/mol. The zero-order chi connectivity index (χ0) is 8.69. The highest BCUT2D eigenvalue weighted by atomic mass is 127. The Hall–Kier alpha value is 1.08. The number of hydrogen-bond acceptors (Lipinski definition) is 1. The van der Waals surface area contributed by atoms with Crippen molar-refractivity contribution in [1.82, 2.24) is 0 Å². The average molecular weight is 286 g/mol. The van der Waals surface area contributed by atoms with Crippen molar-refractivity contribution >= 4 is 30.1 Å². The van der Waals surface area contributed by atoms with Crippen molar-refractivity contribution < 1.29 is 0 Å². The second-order valence-corrected chi connectivity index (χ2v) is 6.47. The summed E-state index contributed by atoms with van der Waals surface area (Å²) in [7, 11) is 1.72. The van der Waals surface area contributed by atoms with Gasteiger partial charge in [-0.15, -0.1) is 0 Å². The normalized spacial score (nSPS) is 30.5. The summed E-state index contributed by atoms with van der Waals surface area (Å²) in [6.45, 7) is 4.73. The molecule has 1 rings (SSSR count). The van der Waals surface area contributed by atoms with Crippen LogP contribution in [0.5, 0.6) is 0 Å². The molecular formula is C9H19IS. The van der Waals surface area contributed by atoms with E-state index in [1.807, 2.05) is 6.26 Å². The van der Waals surface area contributed by atoms with Gasteiger partial charge in [-0.05, 0) is 39.3 Å². The van der Waals surface area contributed by atoms with Crippen LogP contribution in [0, 0.1) is 11.8 Å². The van der Waals surface area contributed by atoms with Crippen molar-refractivity contribution in [2.45, 2.75) is 39.5 Å². The molecule has 0 spiro atoms. The molecule has 0 aromatic rings. The van der Waals surface area contributed by atoms with Gasteiger partial charge in [0, 0.05) is 0 Å². The molecule has 0 saturated heterocycles. The van der Waals surface area contributed by atoms with Gasteiger partial charge in [0.1, 0.15) is 0 Å². The molecule has 0 unspecified atom stereocenters. The first-order chi connectivity index (χ1) is 5.20. The lowest BCUT2D eigenvalue weighted by Crippen LogP contribution is -2.08. The third-order valence-corrected chi connectivity index (χ3v) is 2.30. The summed E-state index contributed by atoms with van der Waals surface area (Å²) in [6, 6.07) is 0. The largest absolute Gasteiger partial charge is 0.0928 e. The van der Waals surface area contributed by atoms with Crippen LogP contribution in [0.1, 0.15) is 39.5 Å². The minimum absolute atomic E-state index is 1.02. The molecule has 0 aliphatic heterocycles. The molecule has 0 bridgehead atoms. The van der Waals surface area contributed by atoms with Crippen molar-refractivity contribution in [1.29, 1.82) is 0 Å². The molecular weight excluding hydrogens is 267 g/mol. The Morgan fingerprint density at radius 1 is 1.00 bits per heavy atom. The van der Waals surface area contributed by atoms with Crippen molar-refractivity contribution in [3.63, 3.8) is 0 Å². The second kappa shape index (κ2) is 7.71. The van der Waals surface area contributed by atoms with Crippen LogP contribution >= 0.6 is 30.1 Å². The van der Waals surface area contributed by atoms with Crippen LogP contribution in [0.3, 0.4) is 0 Å². The quantitative estimate of drug-likeness (QED) is 0.589. The Labute approximate surface area is 87.5 Å². The zero-order valence-corrected chi connectivity index (χ0v) is 10.7. The maximum Gasteiger partial charge on any atom is -0.00450 e. The zero-order valence-electron chi connectivity index (χ0n) is 7.77. The molecule has 0 amide bonds. The summed E-state index contributed by atoms with van der Waals surface area (Å²) >= 11 is 2.20. The SMILES string of the molecule is CC1CCC(C)CC1.CSI. The molecule has 1 aliphatic carbocycles. The summed E-state index contributed by atoms with van der Waals surface area (Å²) < 4.78 is 0. The smallest absolute Gasteiger partial charge is 0.00450 e. The van der Waals surface area contributed by atoms with E-state index in [1.165, 1.54) is 25.7 Å². The minimum Gasteiger partial charge on any atom is -0.0928 e. The Bertz CT molecular complexity index is 67.6. The van der Waals surface area contributed by atoms with E-state index in [0.717, 1.165) is 11.8 Å². The molecule has 0 nitrogen and oxygen atoms in total. The molecule has 1 saturated carbocycles. The van der Waals surface area contributed by atoms with Crippen LogP contribution < -0.4 is 0 Å². The maximum atomic E-state index is 2.37. The van der Waals surface area contributed by atoms with Gasteiger partial charge in [0.15, 0.2) is 0 Å². The highest BCUT2D eigenvalue weighted by Crippen LogP contribution is 2.27. The molecule has 11 heavy (non-hydrogen) atoms. The average Bonchev–Trinajstić information content (AvgIpc) is 1.97. The summed E-state index contributed by atoms with van der Waals surface area (Å²) in [5, 5.41) is 0. The van der Waals surface area contributed by atoms with Gasteiger partial charge in [0.2, 0.25) is 0 Å². The first-order valence-corrected chi connectivity index (χ1v) is 8.12. The van der Waals surface area contributed by atoms with Crippen molar-refractivity contribution in [2.24, 2.45) is 11.8 Å². The fourth-order valence-corrected chi connectivity index (χ4v) is 1.43. The molecule has 0 N–H and O–H groups in total. The summed E-state index contributed by atoms with van der Waals surface area (Å²) in [4.78, 5) is 0. The van der Waals surface area contributed by atoms with Gasteiger partial charge < -0.3 is 0 Å². The molecule has 1 fully saturated rings. The molecule has 0 aromatic heterocycles. The van der Waals surface area contributed by atoms with Crippen LogP contribution in [0.4, 0.5) is 0 Å². The summed E-state index contributed by atoms with van der Waals surface area (Å²) in [5.41, 5.74) is 0. The van der Waals surface area contributed by atoms with E-state index < -0.39 is 0 Å². The highest BCUT2D eigenvalue weighted by Gasteiger charge is 2.13. The maximum absolute atomic E-state index is 2.37. The van der Waals surface area contributed by atoms with E-state index in [1.54, 1.807) is 8.93 Å². The fourth-order valence-electron chi connectivity index (χ4n) is 1.43. The molecule has 0 heterocycles. The van der Waals surface area contributed by atoms with E-state index >= 15 is 0 Å². The third kappa shape index (κ3) is 7.44. The number of halogens is 1. The van der Waals surface area contributed by atoms with Gasteiger partial charge >= 0.3 is 0 Å². The first-order valence-electron chi connectivity index (χ1n) is 4.35. The van der Waals surface area contributed by atoms with Crippen molar-refractivity contribution in [3.8, 4) is 0 Å². The van der Waals surface area contributed by atoms with E-state index in [-0.39, 0.29) is 0 Å². The van der Waals surface area contributed by atoms with Gasteiger partial charge in [-0.1, -0.05) is 48.5 Å². The van der Waals surface area contributed by atoms with Gasteiger partial charge in [-0.25, -0.2) is 0 Å². The van der Waals surface area contributed by atoms with Crippen LogP contribution in [0.25, 0.3) is 0 Å². The van der Waals surface area contributed by atoms with E-state index in [9.17, 15) is 0 Å². The first kappa shape index (κ1) is 12.1. The van der Waals surface area contributed by atoms with Crippen LogP contribution in [-0.2, 0) is 0 Å². The molecule has 2 heteroatoms. The van der Waals surface area contributed by atoms with Crippen molar-refractivity contribution in [2.75, 3.05) is 6.26 Å². The third-order valence-electron chi connectivity index (χ3n) is 2.30. The van der Waals surface area contributed by atoms with Crippen LogP contribution in [0.15, 0.2) is 0 Å². The van der Waals surface area contributed by atoms with E-state index in [0.29, 0.717) is 0 Å². The van der Waals surface area contributed by atoms with Gasteiger partial charge in [-0.2, -0.15) is 0 Å². The van der Waals surface area contributed by atoms with Gasteiger partial charge in [0.25, 0.3) is 0 Å². The number of hydrogen-bond donors (Lipinski definition) is 0. The lowest BCUT2D eigenvalue weighted by Gasteiger charge is -2.22. The lowest BCUT2D eigenvalue weighted by molar-refractivity contribution is 0.308. The topological polar surface area (TPSA) is 0 Å². The van der Waals surface area contributed by atoms with Gasteiger partial charge in [-0.3, -0.25) is 0 Å². The molecule has 0 radical (unpaired) electrons. The number of rotatable bonds is 0. The Kier molecular flexibility index (Phi) is 8.47. The monoisotopic (exact) mass is 286 g/mol. The summed E-state index contributed by atoms with van der Waals surface area (Å²) in [5.74, 6) is 2.04. The lowest BCUT2D eigenvalue weighted by atomic mass is 9.84. The molecule has 68 valence electrons. The Morgan fingerprint density at radius 2 is 1.18 bits per heavy atom. The second-order valence-electron chi connectivity index (χ2n) is 3.52. The Balaban J connectivity index is 0.000000292. The molecule has 0 aromatic carbocycles. The minimum atomic E-state index is 1.02. The predicted octanol–water partition coefficient (Wildman–Crippen LogP) is 4.53. The van der Waals surface area contributed by atoms with Crippen LogP contribution in [-0.4, -0.2) is 6.26 Å². The molecule has 1 aliphatic rings. The fraction of sp³-hybridized carbons (Fsp3) is 1.00. The van der Waals surface area contributed by atoms with Crippen LogP contribution in [0.2, 0.25) is 0 Å². The van der Waals surface area contributed by atoms with E-state index in [2.05, 4.69) is 35.1 Å². The Morgan fingerprint density at radius 3 is 1.36 bits per heavy atom. The molecule has 0 atom stereocenters.